The molecule has 0 saturated heterocycles. The summed E-state index contributed by atoms with van der Waals surface area (Å²) in [5.74, 6) is 0.794. The Hall–Kier alpha value is -4.04. The number of aliphatic hydroxyl groups is 1. The molecule has 33 heavy (non-hydrogen) atoms. The molecule has 0 radical (unpaired) electrons. The summed E-state index contributed by atoms with van der Waals surface area (Å²) < 4.78 is 8.43. The quantitative estimate of drug-likeness (QED) is 0.447. The summed E-state index contributed by atoms with van der Waals surface area (Å²) in [5.41, 5.74) is 6.23. The van der Waals surface area contributed by atoms with Crippen LogP contribution in [-0.4, -0.2) is 29.4 Å². The fourth-order valence-corrected chi connectivity index (χ4v) is 3.83. The predicted molar refractivity (Wildman–Crippen MR) is 124 cm³/mol. The zero-order valence-electron chi connectivity index (χ0n) is 18.6. The van der Waals surface area contributed by atoms with Gasteiger partial charge in [-0.15, -0.1) is 0 Å². The predicted octanol–water partition coefficient (Wildman–Crippen LogP) is 3.68. The van der Waals surface area contributed by atoms with Crippen LogP contribution >= 0.6 is 0 Å². The average Bonchev–Trinajstić information content (AvgIpc) is 3.43. The molecule has 5 aromatic rings. The Bertz CT molecular complexity index is 1530. The molecule has 0 amide bonds. The van der Waals surface area contributed by atoms with Crippen molar-refractivity contribution >= 4 is 5.52 Å². The highest BCUT2D eigenvalue weighted by atomic mass is 16.5. The average molecular weight is 441 g/mol. The number of benzene rings is 2. The molecule has 0 fully saturated rings. The Morgan fingerprint density at radius 3 is 2.45 bits per heavy atom. The molecule has 0 bridgehead atoms. The van der Waals surface area contributed by atoms with Gasteiger partial charge in [-0.2, -0.15) is 10.1 Å². The van der Waals surface area contributed by atoms with Crippen LogP contribution in [0.15, 0.2) is 64.2 Å². The molecule has 0 atom stereocenters. The number of hydrogen-bond acceptors (Lipinski definition) is 6. The second kappa shape index (κ2) is 8.14. The van der Waals surface area contributed by atoms with Crippen molar-refractivity contribution in [3.05, 3.63) is 93.3 Å². The van der Waals surface area contributed by atoms with E-state index in [0.717, 1.165) is 22.3 Å². The zero-order chi connectivity index (χ0) is 23.1. The maximum Gasteiger partial charge on any atom is 0.277 e. The SMILES string of the molecule is Cc1ccc(-c2nn3ccn(Cc4noc(-c5ccc(C)c(C)c5)n4)c(=O)c3c2CO)cc1. The highest BCUT2D eigenvalue weighted by Gasteiger charge is 2.19. The van der Waals surface area contributed by atoms with Crippen LogP contribution in [0.3, 0.4) is 0 Å². The van der Waals surface area contributed by atoms with Crippen molar-refractivity contribution in [2.24, 2.45) is 0 Å². The van der Waals surface area contributed by atoms with Crippen molar-refractivity contribution in [3.8, 4) is 22.7 Å². The molecular formula is C25H23N5O3. The lowest BCUT2D eigenvalue weighted by molar-refractivity contribution is 0.283. The first-order chi connectivity index (χ1) is 15.9. The van der Waals surface area contributed by atoms with Crippen molar-refractivity contribution in [2.75, 3.05) is 0 Å². The van der Waals surface area contributed by atoms with Gasteiger partial charge in [0.15, 0.2) is 5.82 Å². The molecule has 0 aliphatic heterocycles. The maximum atomic E-state index is 13.3. The number of hydrogen-bond donors (Lipinski definition) is 1. The van der Waals surface area contributed by atoms with Gasteiger partial charge in [-0.25, -0.2) is 4.52 Å². The number of rotatable bonds is 5. The summed E-state index contributed by atoms with van der Waals surface area (Å²) in [5, 5.41) is 18.6. The minimum Gasteiger partial charge on any atom is -0.392 e. The van der Waals surface area contributed by atoms with Crippen molar-refractivity contribution in [1.82, 2.24) is 24.3 Å². The summed E-state index contributed by atoms with van der Waals surface area (Å²) in [6.07, 6.45) is 3.33. The molecule has 8 heteroatoms. The number of aromatic nitrogens is 5. The zero-order valence-corrected chi connectivity index (χ0v) is 18.6. The second-order valence-corrected chi connectivity index (χ2v) is 8.19. The first-order valence-corrected chi connectivity index (χ1v) is 10.6. The van der Waals surface area contributed by atoms with Crippen molar-refractivity contribution in [3.63, 3.8) is 0 Å². The van der Waals surface area contributed by atoms with E-state index in [9.17, 15) is 9.90 Å². The molecule has 1 N–H and O–H groups in total. The van der Waals surface area contributed by atoms with Crippen LogP contribution in [0.5, 0.6) is 0 Å². The summed E-state index contributed by atoms with van der Waals surface area (Å²) in [6, 6.07) is 13.8. The van der Waals surface area contributed by atoms with Gasteiger partial charge in [-0.1, -0.05) is 41.1 Å². The summed E-state index contributed by atoms with van der Waals surface area (Å²) in [6.45, 7) is 5.91. The molecule has 3 aromatic heterocycles. The number of fused-ring (bicyclic) bond motifs is 1. The van der Waals surface area contributed by atoms with E-state index < -0.39 is 0 Å². The van der Waals surface area contributed by atoms with E-state index in [1.165, 1.54) is 14.6 Å². The van der Waals surface area contributed by atoms with Crippen molar-refractivity contribution < 1.29 is 9.63 Å². The lowest BCUT2D eigenvalue weighted by atomic mass is 10.1. The largest absolute Gasteiger partial charge is 0.392 e. The smallest absolute Gasteiger partial charge is 0.277 e. The molecule has 0 aliphatic rings. The summed E-state index contributed by atoms with van der Waals surface area (Å²) in [4.78, 5) is 17.7. The van der Waals surface area contributed by atoms with E-state index in [1.54, 1.807) is 12.4 Å². The molecule has 0 spiro atoms. The monoisotopic (exact) mass is 441 g/mol. The molecule has 166 valence electrons. The number of aliphatic hydroxyl groups excluding tert-OH is 1. The van der Waals surface area contributed by atoms with Crippen LogP contribution in [0.4, 0.5) is 0 Å². The Labute approximate surface area is 189 Å². The normalized spacial score (nSPS) is 11.4. The Kier molecular flexibility index (Phi) is 5.14. The molecular weight excluding hydrogens is 418 g/mol. The van der Waals surface area contributed by atoms with Gasteiger partial charge in [0, 0.05) is 29.1 Å². The summed E-state index contributed by atoms with van der Waals surface area (Å²) in [7, 11) is 0. The van der Waals surface area contributed by atoms with Gasteiger partial charge < -0.3 is 14.2 Å². The van der Waals surface area contributed by atoms with E-state index in [2.05, 4.69) is 15.2 Å². The van der Waals surface area contributed by atoms with Gasteiger partial charge in [0.25, 0.3) is 11.4 Å². The van der Waals surface area contributed by atoms with Crippen LogP contribution in [-0.2, 0) is 13.2 Å². The van der Waals surface area contributed by atoms with Crippen molar-refractivity contribution in [2.45, 2.75) is 33.9 Å². The topological polar surface area (TPSA) is 98.5 Å². The van der Waals surface area contributed by atoms with Crippen LogP contribution in [0, 0.1) is 20.8 Å². The molecule has 0 unspecified atom stereocenters. The standard InChI is InChI=1S/C25H23N5O3/c1-15-4-7-18(8-5-15)22-20(14-31)23-25(32)29(10-11-30(23)27-22)13-21-26-24(33-28-21)19-9-6-16(2)17(3)12-19/h4-12,31H,13-14H2,1-3H3. The van der Waals surface area contributed by atoms with Gasteiger partial charge in [0.2, 0.25) is 0 Å². The second-order valence-electron chi connectivity index (χ2n) is 8.19. The first-order valence-electron chi connectivity index (χ1n) is 10.6. The van der Waals surface area contributed by atoms with Crippen molar-refractivity contribution in [1.29, 1.82) is 0 Å². The molecule has 0 saturated carbocycles. The molecule has 3 heterocycles. The van der Waals surface area contributed by atoms with Gasteiger partial charge in [0.05, 0.1) is 18.8 Å². The molecule has 5 rings (SSSR count). The number of nitrogens with zero attached hydrogens (tertiary/aromatic N) is 5. The molecule has 2 aromatic carbocycles. The Balaban J connectivity index is 1.51. The van der Waals surface area contributed by atoms with E-state index >= 15 is 0 Å². The fourth-order valence-electron chi connectivity index (χ4n) is 3.83. The van der Waals surface area contributed by atoms with Crippen LogP contribution in [0.1, 0.15) is 28.1 Å². The van der Waals surface area contributed by atoms with E-state index in [4.69, 9.17) is 4.52 Å². The maximum absolute atomic E-state index is 13.3. The molecule has 8 nitrogen and oxygen atoms in total. The Morgan fingerprint density at radius 2 is 1.73 bits per heavy atom. The van der Waals surface area contributed by atoms with E-state index in [0.29, 0.717) is 28.5 Å². The third-order valence-electron chi connectivity index (χ3n) is 5.88. The van der Waals surface area contributed by atoms with E-state index in [1.807, 2.05) is 63.2 Å². The fraction of sp³-hybridized carbons (Fsp3) is 0.200. The van der Waals surface area contributed by atoms with Gasteiger partial charge in [0.1, 0.15) is 5.52 Å². The van der Waals surface area contributed by atoms with Gasteiger partial charge in [-0.3, -0.25) is 4.79 Å². The lowest BCUT2D eigenvalue weighted by Gasteiger charge is -2.04. The minimum absolute atomic E-state index is 0.138. The van der Waals surface area contributed by atoms with Crippen LogP contribution in [0.25, 0.3) is 28.2 Å². The van der Waals surface area contributed by atoms with Gasteiger partial charge in [-0.05, 0) is 44.0 Å². The van der Waals surface area contributed by atoms with Crippen LogP contribution in [0.2, 0.25) is 0 Å². The lowest BCUT2D eigenvalue weighted by Crippen LogP contribution is -2.23. The molecule has 0 aliphatic carbocycles. The van der Waals surface area contributed by atoms with Crippen LogP contribution < -0.4 is 5.56 Å². The summed E-state index contributed by atoms with van der Waals surface area (Å²) >= 11 is 0. The minimum atomic E-state index is -0.300. The van der Waals surface area contributed by atoms with Gasteiger partial charge >= 0.3 is 0 Å². The first kappa shape index (κ1) is 20.8. The Morgan fingerprint density at radius 1 is 0.970 bits per heavy atom. The van der Waals surface area contributed by atoms with E-state index in [-0.39, 0.29) is 18.7 Å². The highest BCUT2D eigenvalue weighted by molar-refractivity contribution is 5.72. The third-order valence-corrected chi connectivity index (χ3v) is 5.88. The third kappa shape index (κ3) is 3.74. The highest BCUT2D eigenvalue weighted by Crippen LogP contribution is 2.25. The number of aryl methyl sites for hydroxylation is 3.